The first-order valence-electron chi connectivity index (χ1n) is 7.91. The van der Waals surface area contributed by atoms with E-state index in [0.717, 1.165) is 24.4 Å². The number of carbonyl (C=O) groups is 1. The lowest BCUT2D eigenvalue weighted by atomic mass is 10.3. The van der Waals surface area contributed by atoms with Gasteiger partial charge in [0.15, 0.2) is 11.6 Å². The van der Waals surface area contributed by atoms with Crippen molar-refractivity contribution >= 4 is 23.1 Å². The van der Waals surface area contributed by atoms with Gasteiger partial charge in [-0.2, -0.15) is 8.78 Å². The number of aromatic nitrogens is 1. The molecule has 0 spiro atoms. The van der Waals surface area contributed by atoms with E-state index in [-0.39, 0.29) is 11.7 Å². The Bertz CT molecular complexity index is 737. The first-order valence-corrected chi connectivity index (χ1v) is 8.85. The van der Waals surface area contributed by atoms with Crippen molar-refractivity contribution in [1.29, 1.82) is 0 Å². The number of ether oxygens (including phenoxy) is 1. The van der Waals surface area contributed by atoms with Gasteiger partial charge in [0.25, 0.3) is 0 Å². The van der Waals surface area contributed by atoms with Crippen molar-refractivity contribution in [3.05, 3.63) is 40.6 Å². The van der Waals surface area contributed by atoms with Crippen molar-refractivity contribution < 1.29 is 22.7 Å². The van der Waals surface area contributed by atoms with Crippen molar-refractivity contribution in [2.75, 3.05) is 31.5 Å². The number of amides is 2. The molecule has 1 aromatic heterocycles. The molecule has 2 heterocycles. The molecule has 1 aromatic carbocycles. The van der Waals surface area contributed by atoms with E-state index in [9.17, 15) is 18.0 Å². The molecule has 0 atom stereocenters. The molecule has 1 N–H and O–H groups in total. The number of hydrogen-bond donors (Lipinski definition) is 1. The Kier molecular flexibility index (Phi) is 5.94. The number of thiazole rings is 1. The number of nitrogens with zero attached hydrogens (tertiary/aromatic N) is 3. The lowest BCUT2D eigenvalue weighted by Crippen LogP contribution is -2.49. The molecule has 0 aliphatic carbocycles. The van der Waals surface area contributed by atoms with Crippen LogP contribution < -0.4 is 10.1 Å². The van der Waals surface area contributed by atoms with Crippen molar-refractivity contribution in [2.24, 2.45) is 0 Å². The third-order valence-electron chi connectivity index (χ3n) is 3.93. The van der Waals surface area contributed by atoms with Crippen LogP contribution in [0.3, 0.4) is 0 Å². The number of anilines is 1. The Morgan fingerprint density at radius 1 is 1.31 bits per heavy atom. The average molecular weight is 386 g/mol. The smallest absolute Gasteiger partial charge is 0.387 e. The van der Waals surface area contributed by atoms with Crippen LogP contribution in [-0.2, 0) is 6.54 Å². The number of alkyl halides is 2. The van der Waals surface area contributed by atoms with Crippen LogP contribution >= 0.6 is 11.3 Å². The van der Waals surface area contributed by atoms with Crippen LogP contribution in [0.15, 0.2) is 29.1 Å². The zero-order valence-electron chi connectivity index (χ0n) is 13.7. The molecule has 0 unspecified atom stereocenters. The van der Waals surface area contributed by atoms with E-state index >= 15 is 0 Å². The van der Waals surface area contributed by atoms with Crippen LogP contribution in [0.5, 0.6) is 5.75 Å². The van der Waals surface area contributed by atoms with Gasteiger partial charge in [0.1, 0.15) is 0 Å². The summed E-state index contributed by atoms with van der Waals surface area (Å²) in [6, 6.07) is 2.97. The topological polar surface area (TPSA) is 57.7 Å². The van der Waals surface area contributed by atoms with E-state index in [1.807, 2.05) is 5.38 Å². The second kappa shape index (κ2) is 8.37. The molecule has 1 saturated heterocycles. The van der Waals surface area contributed by atoms with Gasteiger partial charge in [-0.15, -0.1) is 11.3 Å². The van der Waals surface area contributed by atoms with Gasteiger partial charge in [0, 0.05) is 49.9 Å². The molecule has 1 fully saturated rings. The minimum Gasteiger partial charge on any atom is -0.432 e. The standard InChI is InChI=1S/C16H17F3N4O2S/c17-13-7-11(1-2-14(13)25-15(18)19)21-16(24)23-5-3-22(4-6-23)8-12-9-26-10-20-12/h1-2,7,9-10,15H,3-6,8H2,(H,21,24). The maximum atomic E-state index is 13.7. The maximum absolute atomic E-state index is 13.7. The molecule has 10 heteroatoms. The fourth-order valence-electron chi connectivity index (χ4n) is 2.63. The fraction of sp³-hybridized carbons (Fsp3) is 0.375. The number of halogens is 3. The number of carbonyl (C=O) groups excluding carboxylic acids is 1. The molecular formula is C16H17F3N4O2S. The molecule has 6 nitrogen and oxygen atoms in total. The van der Waals surface area contributed by atoms with E-state index in [4.69, 9.17) is 0 Å². The average Bonchev–Trinajstić information content (AvgIpc) is 3.10. The van der Waals surface area contributed by atoms with Gasteiger partial charge in [-0.05, 0) is 12.1 Å². The summed E-state index contributed by atoms with van der Waals surface area (Å²) in [6.07, 6.45) is 0. The largest absolute Gasteiger partial charge is 0.432 e. The Balaban J connectivity index is 1.50. The first-order chi connectivity index (χ1) is 12.5. The number of urea groups is 1. The van der Waals surface area contributed by atoms with Crippen molar-refractivity contribution in [1.82, 2.24) is 14.8 Å². The number of nitrogens with one attached hydrogen (secondary N) is 1. The Labute approximate surface area is 152 Å². The fourth-order valence-corrected chi connectivity index (χ4v) is 3.18. The van der Waals surface area contributed by atoms with Gasteiger partial charge in [-0.3, -0.25) is 4.90 Å². The van der Waals surface area contributed by atoms with Gasteiger partial charge < -0.3 is 15.0 Å². The normalized spacial score (nSPS) is 15.3. The Morgan fingerprint density at radius 2 is 2.08 bits per heavy atom. The predicted molar refractivity (Wildman–Crippen MR) is 91.0 cm³/mol. The molecule has 0 radical (unpaired) electrons. The summed E-state index contributed by atoms with van der Waals surface area (Å²) < 4.78 is 42.0. The molecule has 140 valence electrons. The third-order valence-corrected chi connectivity index (χ3v) is 4.56. The summed E-state index contributed by atoms with van der Waals surface area (Å²) in [6.45, 7) is 0.123. The summed E-state index contributed by atoms with van der Waals surface area (Å²) in [5.41, 5.74) is 2.98. The minimum atomic E-state index is -3.11. The van der Waals surface area contributed by atoms with E-state index in [0.29, 0.717) is 26.2 Å². The zero-order valence-corrected chi connectivity index (χ0v) is 14.5. The van der Waals surface area contributed by atoms with Gasteiger partial charge in [-0.25, -0.2) is 14.2 Å². The van der Waals surface area contributed by atoms with Crippen molar-refractivity contribution in [2.45, 2.75) is 13.2 Å². The second-order valence-electron chi connectivity index (χ2n) is 5.70. The Hall–Kier alpha value is -2.33. The summed E-state index contributed by atoms with van der Waals surface area (Å²) in [7, 11) is 0. The highest BCUT2D eigenvalue weighted by Gasteiger charge is 2.22. The zero-order chi connectivity index (χ0) is 18.5. The highest BCUT2D eigenvalue weighted by Crippen LogP contribution is 2.23. The quantitative estimate of drug-likeness (QED) is 0.857. The van der Waals surface area contributed by atoms with Crippen LogP contribution in [-0.4, -0.2) is 53.6 Å². The van der Waals surface area contributed by atoms with Crippen LogP contribution in [0.1, 0.15) is 5.69 Å². The van der Waals surface area contributed by atoms with Crippen molar-refractivity contribution in [3.63, 3.8) is 0 Å². The van der Waals surface area contributed by atoms with Gasteiger partial charge >= 0.3 is 12.6 Å². The molecular weight excluding hydrogens is 369 g/mol. The molecule has 1 aliphatic heterocycles. The first kappa shape index (κ1) is 18.5. The molecule has 0 saturated carbocycles. The number of benzene rings is 1. The van der Waals surface area contributed by atoms with Gasteiger partial charge in [-0.1, -0.05) is 0 Å². The number of piperazine rings is 1. The lowest BCUT2D eigenvalue weighted by Gasteiger charge is -2.34. The molecule has 2 aromatic rings. The number of rotatable bonds is 5. The third kappa shape index (κ3) is 4.85. The highest BCUT2D eigenvalue weighted by molar-refractivity contribution is 7.07. The monoisotopic (exact) mass is 386 g/mol. The molecule has 0 bridgehead atoms. The Morgan fingerprint density at radius 3 is 2.69 bits per heavy atom. The summed E-state index contributed by atoms with van der Waals surface area (Å²) in [4.78, 5) is 20.3. The van der Waals surface area contributed by atoms with E-state index < -0.39 is 18.2 Å². The second-order valence-corrected chi connectivity index (χ2v) is 6.42. The maximum Gasteiger partial charge on any atom is 0.387 e. The molecule has 1 aliphatic rings. The predicted octanol–water partition coefficient (Wildman–Crippen LogP) is 3.23. The van der Waals surface area contributed by atoms with Crippen LogP contribution in [0.4, 0.5) is 23.7 Å². The molecule has 2 amide bonds. The minimum absolute atomic E-state index is 0.180. The SMILES string of the molecule is O=C(Nc1ccc(OC(F)F)c(F)c1)N1CCN(Cc2cscn2)CC1. The van der Waals surface area contributed by atoms with Crippen LogP contribution in [0, 0.1) is 5.82 Å². The van der Waals surface area contributed by atoms with E-state index in [1.165, 1.54) is 6.07 Å². The summed E-state index contributed by atoms with van der Waals surface area (Å²) >= 11 is 1.55. The molecule has 26 heavy (non-hydrogen) atoms. The summed E-state index contributed by atoms with van der Waals surface area (Å²) in [5, 5.41) is 4.56. The van der Waals surface area contributed by atoms with E-state index in [1.54, 1.807) is 21.7 Å². The number of hydrogen-bond acceptors (Lipinski definition) is 5. The van der Waals surface area contributed by atoms with Crippen LogP contribution in [0.25, 0.3) is 0 Å². The van der Waals surface area contributed by atoms with Gasteiger partial charge in [0.2, 0.25) is 0 Å². The highest BCUT2D eigenvalue weighted by atomic mass is 32.1. The van der Waals surface area contributed by atoms with Gasteiger partial charge in [0.05, 0.1) is 11.2 Å². The van der Waals surface area contributed by atoms with Crippen LogP contribution in [0.2, 0.25) is 0 Å². The van der Waals surface area contributed by atoms with Crippen molar-refractivity contribution in [3.8, 4) is 5.75 Å². The summed E-state index contributed by atoms with van der Waals surface area (Å²) in [5.74, 6) is -1.52. The molecule has 3 rings (SSSR count). The van der Waals surface area contributed by atoms with E-state index in [2.05, 4.69) is 19.9 Å². The lowest BCUT2D eigenvalue weighted by molar-refractivity contribution is -0.0521.